The summed E-state index contributed by atoms with van der Waals surface area (Å²) in [6, 6.07) is 0.231. The van der Waals surface area contributed by atoms with Crippen LogP contribution in [-0.4, -0.2) is 41.9 Å². The fourth-order valence-corrected chi connectivity index (χ4v) is 1.25. The fourth-order valence-electron chi connectivity index (χ4n) is 1.25. The van der Waals surface area contributed by atoms with Crippen LogP contribution in [0.15, 0.2) is 0 Å². The molecule has 5 nitrogen and oxygen atoms in total. The maximum absolute atomic E-state index is 11.3. The summed E-state index contributed by atoms with van der Waals surface area (Å²) in [6.07, 6.45) is 0.667. The Labute approximate surface area is 118 Å². The largest absolute Gasteiger partial charge is 0.444 e. The molecular formula is C11H20Cl2N2O3. The number of rotatable bonds is 2. The SMILES string of the molecule is CC(C)(C)OC(=O)NC1CCNC1.O=C(Cl)CCl. The number of hydrogen-bond acceptors (Lipinski definition) is 4. The van der Waals surface area contributed by atoms with Crippen molar-refractivity contribution in [3.8, 4) is 0 Å². The van der Waals surface area contributed by atoms with E-state index in [9.17, 15) is 9.59 Å². The minimum absolute atomic E-state index is 0.0957. The molecule has 1 saturated heterocycles. The highest BCUT2D eigenvalue weighted by Gasteiger charge is 2.21. The van der Waals surface area contributed by atoms with Crippen molar-refractivity contribution in [3.05, 3.63) is 0 Å². The van der Waals surface area contributed by atoms with Crippen molar-refractivity contribution < 1.29 is 14.3 Å². The topological polar surface area (TPSA) is 67.4 Å². The van der Waals surface area contributed by atoms with Gasteiger partial charge in [0.05, 0.1) is 5.88 Å². The van der Waals surface area contributed by atoms with Crippen LogP contribution in [0.1, 0.15) is 27.2 Å². The molecule has 1 heterocycles. The second-order valence-corrected chi connectivity index (χ2v) is 5.51. The molecule has 0 aromatic rings. The van der Waals surface area contributed by atoms with E-state index in [1.807, 2.05) is 20.8 Å². The lowest BCUT2D eigenvalue weighted by Crippen LogP contribution is -2.40. The monoisotopic (exact) mass is 298 g/mol. The van der Waals surface area contributed by atoms with E-state index >= 15 is 0 Å². The first kappa shape index (κ1) is 17.5. The van der Waals surface area contributed by atoms with Crippen molar-refractivity contribution in [2.75, 3.05) is 19.0 Å². The van der Waals surface area contributed by atoms with Gasteiger partial charge in [-0.2, -0.15) is 0 Å². The van der Waals surface area contributed by atoms with Gasteiger partial charge in [-0.05, 0) is 45.3 Å². The van der Waals surface area contributed by atoms with Gasteiger partial charge in [-0.15, -0.1) is 11.6 Å². The summed E-state index contributed by atoms with van der Waals surface area (Å²) in [6.45, 7) is 7.40. The zero-order valence-electron chi connectivity index (χ0n) is 10.9. The van der Waals surface area contributed by atoms with Gasteiger partial charge < -0.3 is 15.4 Å². The highest BCUT2D eigenvalue weighted by Crippen LogP contribution is 2.07. The molecule has 0 aliphatic carbocycles. The van der Waals surface area contributed by atoms with Gasteiger partial charge >= 0.3 is 6.09 Å². The standard InChI is InChI=1S/C9H18N2O2.C2H2Cl2O/c1-9(2,3)13-8(12)11-7-4-5-10-6-7;3-1-2(4)5/h7,10H,4-6H2,1-3H3,(H,11,12);1H2. The fraction of sp³-hybridized carbons (Fsp3) is 0.818. The van der Waals surface area contributed by atoms with Crippen LogP contribution in [0, 0.1) is 0 Å². The number of nitrogens with one attached hydrogen (secondary N) is 2. The van der Waals surface area contributed by atoms with E-state index in [0.717, 1.165) is 19.5 Å². The Bertz CT molecular complexity index is 274. The summed E-state index contributed by atoms with van der Waals surface area (Å²) >= 11 is 9.55. The van der Waals surface area contributed by atoms with Crippen molar-refractivity contribution in [1.82, 2.24) is 10.6 Å². The third-order valence-corrected chi connectivity index (χ3v) is 2.40. The Morgan fingerprint density at radius 3 is 2.33 bits per heavy atom. The van der Waals surface area contributed by atoms with Crippen LogP contribution in [0.5, 0.6) is 0 Å². The molecule has 1 unspecified atom stereocenters. The minimum Gasteiger partial charge on any atom is -0.444 e. The molecule has 18 heavy (non-hydrogen) atoms. The molecular weight excluding hydrogens is 279 g/mol. The lowest BCUT2D eigenvalue weighted by molar-refractivity contribution is -0.109. The number of carbonyl (C=O) groups is 2. The van der Waals surface area contributed by atoms with Gasteiger partial charge in [0, 0.05) is 12.6 Å². The zero-order valence-corrected chi connectivity index (χ0v) is 12.4. The Morgan fingerprint density at radius 2 is 2.00 bits per heavy atom. The third kappa shape index (κ3) is 10.6. The Balaban J connectivity index is 0.000000494. The van der Waals surface area contributed by atoms with Crippen molar-refractivity contribution >= 4 is 34.5 Å². The maximum Gasteiger partial charge on any atom is 0.407 e. The molecule has 1 aliphatic rings. The first-order chi connectivity index (χ1) is 8.24. The molecule has 106 valence electrons. The predicted molar refractivity (Wildman–Crippen MR) is 72.2 cm³/mol. The highest BCUT2D eigenvalue weighted by molar-refractivity contribution is 6.67. The smallest absolute Gasteiger partial charge is 0.407 e. The molecule has 0 aromatic carbocycles. The summed E-state index contributed by atoms with van der Waals surface area (Å²) in [5.41, 5.74) is -0.407. The first-order valence-corrected chi connectivity index (χ1v) is 6.60. The minimum atomic E-state index is -0.508. The highest BCUT2D eigenvalue weighted by atomic mass is 35.5. The van der Waals surface area contributed by atoms with E-state index in [-0.39, 0.29) is 18.0 Å². The van der Waals surface area contributed by atoms with Gasteiger partial charge in [0.15, 0.2) is 0 Å². The summed E-state index contributed by atoms with van der Waals surface area (Å²) in [7, 11) is 0. The molecule has 0 radical (unpaired) electrons. The molecule has 1 atom stereocenters. The van der Waals surface area contributed by atoms with E-state index in [1.54, 1.807) is 0 Å². The van der Waals surface area contributed by atoms with Crippen molar-refractivity contribution in [2.45, 2.75) is 38.8 Å². The van der Waals surface area contributed by atoms with Crippen LogP contribution in [0.2, 0.25) is 0 Å². The molecule has 0 saturated carbocycles. The normalized spacial score (nSPS) is 18.6. The quantitative estimate of drug-likeness (QED) is 0.603. The lowest BCUT2D eigenvalue weighted by Gasteiger charge is -2.21. The average Bonchev–Trinajstić information content (AvgIpc) is 2.68. The van der Waals surface area contributed by atoms with Gasteiger partial charge in [-0.25, -0.2) is 4.79 Å². The Hall–Kier alpha value is -0.520. The van der Waals surface area contributed by atoms with E-state index in [1.165, 1.54) is 0 Å². The molecule has 1 amide bonds. The second-order valence-electron chi connectivity index (χ2n) is 4.82. The molecule has 1 aliphatic heterocycles. The molecule has 0 spiro atoms. The molecule has 0 bridgehead atoms. The van der Waals surface area contributed by atoms with Crippen LogP contribution in [0.3, 0.4) is 0 Å². The van der Waals surface area contributed by atoms with Gasteiger partial charge in [-0.3, -0.25) is 4.79 Å². The third-order valence-electron chi connectivity index (χ3n) is 1.89. The van der Waals surface area contributed by atoms with Gasteiger partial charge in [0.1, 0.15) is 5.60 Å². The van der Waals surface area contributed by atoms with Gasteiger partial charge in [0.2, 0.25) is 5.24 Å². The summed E-state index contributed by atoms with van der Waals surface area (Å²) < 4.78 is 5.12. The molecule has 7 heteroatoms. The summed E-state index contributed by atoms with van der Waals surface area (Å²) in [5, 5.41) is 5.47. The van der Waals surface area contributed by atoms with E-state index in [2.05, 4.69) is 10.6 Å². The van der Waals surface area contributed by atoms with Crippen molar-refractivity contribution in [3.63, 3.8) is 0 Å². The van der Waals surface area contributed by atoms with Crippen LogP contribution >= 0.6 is 23.2 Å². The lowest BCUT2D eigenvalue weighted by atomic mass is 10.2. The van der Waals surface area contributed by atoms with Crippen LogP contribution in [0.4, 0.5) is 4.79 Å². The number of alkyl carbamates (subject to hydrolysis) is 1. The van der Waals surface area contributed by atoms with Crippen LogP contribution < -0.4 is 10.6 Å². The van der Waals surface area contributed by atoms with E-state index in [4.69, 9.17) is 27.9 Å². The number of alkyl halides is 1. The summed E-state index contributed by atoms with van der Waals surface area (Å²) in [5.74, 6) is -0.0957. The molecule has 1 rings (SSSR count). The number of carbonyl (C=O) groups excluding carboxylic acids is 2. The van der Waals surface area contributed by atoms with Crippen molar-refractivity contribution in [1.29, 1.82) is 0 Å². The van der Waals surface area contributed by atoms with E-state index < -0.39 is 10.8 Å². The van der Waals surface area contributed by atoms with Crippen LogP contribution in [0.25, 0.3) is 0 Å². The second kappa shape index (κ2) is 8.56. The van der Waals surface area contributed by atoms with Gasteiger partial charge in [0.25, 0.3) is 0 Å². The first-order valence-electron chi connectivity index (χ1n) is 5.69. The number of hydrogen-bond donors (Lipinski definition) is 2. The Morgan fingerprint density at radius 1 is 1.44 bits per heavy atom. The molecule has 1 fully saturated rings. The summed E-state index contributed by atoms with van der Waals surface area (Å²) in [4.78, 5) is 20.7. The zero-order chi connectivity index (χ0) is 14.2. The van der Waals surface area contributed by atoms with Crippen molar-refractivity contribution in [2.24, 2.45) is 0 Å². The maximum atomic E-state index is 11.3. The molecule has 0 aromatic heterocycles. The number of ether oxygens (including phenoxy) is 1. The number of amides is 1. The van der Waals surface area contributed by atoms with Gasteiger partial charge in [-0.1, -0.05) is 0 Å². The van der Waals surface area contributed by atoms with E-state index in [0.29, 0.717) is 0 Å². The average molecular weight is 299 g/mol. The van der Waals surface area contributed by atoms with Crippen LogP contribution in [-0.2, 0) is 9.53 Å². The molecule has 2 N–H and O–H groups in total. The Kier molecular flexibility index (Phi) is 8.31. The number of halogens is 2. The predicted octanol–water partition coefficient (Wildman–Crippen LogP) is 1.86.